The Balaban J connectivity index is 1.63. The molecular formula is C28H29N3O2. The molecule has 168 valence electrons. The topological polar surface area (TPSA) is 67.9 Å². The molecule has 0 saturated heterocycles. The fourth-order valence-electron chi connectivity index (χ4n) is 3.66. The van der Waals surface area contributed by atoms with E-state index in [0.29, 0.717) is 18.0 Å². The number of fused-ring (bicyclic) bond motifs is 1. The Labute approximate surface area is 194 Å². The van der Waals surface area contributed by atoms with Gasteiger partial charge in [0.05, 0.1) is 23.3 Å². The van der Waals surface area contributed by atoms with Crippen molar-refractivity contribution in [1.82, 2.24) is 15.0 Å². The summed E-state index contributed by atoms with van der Waals surface area (Å²) in [7, 11) is 0. The fourth-order valence-corrected chi connectivity index (χ4v) is 3.66. The largest absolute Gasteiger partial charge is 0.463 e. The third-order valence-electron chi connectivity index (χ3n) is 5.52. The van der Waals surface area contributed by atoms with E-state index < -0.39 is 0 Å². The van der Waals surface area contributed by atoms with Gasteiger partial charge in [-0.1, -0.05) is 57.2 Å². The molecule has 2 aromatic heterocycles. The van der Waals surface area contributed by atoms with Crippen LogP contribution in [0.5, 0.6) is 0 Å². The Kier molecular flexibility index (Phi) is 6.14. The normalized spacial score (nSPS) is 12.2. The summed E-state index contributed by atoms with van der Waals surface area (Å²) in [5.74, 6) is 0.404. The number of imidazole rings is 1. The van der Waals surface area contributed by atoms with E-state index in [1.807, 2.05) is 42.5 Å². The third-order valence-corrected chi connectivity index (χ3v) is 5.52. The highest BCUT2D eigenvalue weighted by Crippen LogP contribution is 2.27. The maximum absolute atomic E-state index is 11.9. The van der Waals surface area contributed by atoms with Crippen LogP contribution < -0.4 is 0 Å². The molecule has 33 heavy (non-hydrogen) atoms. The van der Waals surface area contributed by atoms with Gasteiger partial charge in [0, 0.05) is 11.1 Å². The Bertz CT molecular complexity index is 1330. The highest BCUT2D eigenvalue weighted by atomic mass is 16.5. The van der Waals surface area contributed by atoms with Gasteiger partial charge in [-0.05, 0) is 60.7 Å². The van der Waals surface area contributed by atoms with E-state index in [1.165, 1.54) is 5.56 Å². The first kappa shape index (κ1) is 22.5. The second-order valence-corrected chi connectivity index (χ2v) is 9.15. The number of carbonyl (C=O) groups excluding carboxylic acids is 1. The molecule has 0 aliphatic carbocycles. The molecule has 0 unspecified atom stereocenters. The molecular weight excluding hydrogens is 410 g/mol. The smallest absolute Gasteiger partial charge is 0.333 e. The zero-order valence-electron chi connectivity index (χ0n) is 19.8. The number of pyridine rings is 1. The number of carbonyl (C=O) groups is 1. The summed E-state index contributed by atoms with van der Waals surface area (Å²) < 4.78 is 5.06. The van der Waals surface area contributed by atoms with E-state index in [0.717, 1.165) is 33.5 Å². The van der Waals surface area contributed by atoms with Crippen LogP contribution in [-0.2, 0) is 14.9 Å². The van der Waals surface area contributed by atoms with E-state index in [-0.39, 0.29) is 11.4 Å². The number of aromatic amines is 1. The Hall–Kier alpha value is -3.73. The molecule has 0 atom stereocenters. The van der Waals surface area contributed by atoms with Crippen LogP contribution in [0.2, 0.25) is 0 Å². The van der Waals surface area contributed by atoms with Crippen molar-refractivity contribution in [1.29, 1.82) is 0 Å². The minimum atomic E-state index is -0.306. The Morgan fingerprint density at radius 1 is 1.00 bits per heavy atom. The van der Waals surface area contributed by atoms with Gasteiger partial charge in [0.1, 0.15) is 5.69 Å². The van der Waals surface area contributed by atoms with Crippen molar-refractivity contribution in [3.05, 3.63) is 77.4 Å². The molecule has 0 bridgehead atoms. The maximum atomic E-state index is 11.9. The Morgan fingerprint density at radius 2 is 1.73 bits per heavy atom. The molecule has 5 nitrogen and oxygen atoms in total. The van der Waals surface area contributed by atoms with Crippen LogP contribution >= 0.6 is 0 Å². The van der Waals surface area contributed by atoms with Gasteiger partial charge in [0.15, 0.2) is 5.82 Å². The summed E-state index contributed by atoms with van der Waals surface area (Å²) in [4.78, 5) is 24.8. The standard InChI is InChI=1S/C28H29N3O2/c1-6-33-27(32)18(2)16-19-10-15-23-25(17-19)31-26(30-23)24-9-7-8-22(29-24)20-11-13-21(14-12-20)28(3,4)5/h7-17H,6H2,1-5H3,(H,30,31). The third kappa shape index (κ3) is 5.03. The van der Waals surface area contributed by atoms with Crippen LogP contribution in [0, 0.1) is 0 Å². The summed E-state index contributed by atoms with van der Waals surface area (Å²) in [5.41, 5.74) is 7.36. The second-order valence-electron chi connectivity index (χ2n) is 9.15. The molecule has 4 aromatic rings. The first-order valence-corrected chi connectivity index (χ1v) is 11.2. The number of nitrogens with zero attached hydrogens (tertiary/aromatic N) is 2. The summed E-state index contributed by atoms with van der Waals surface area (Å²) in [6.07, 6.45) is 1.82. The molecule has 0 saturated carbocycles. The highest BCUT2D eigenvalue weighted by Gasteiger charge is 2.14. The Morgan fingerprint density at radius 3 is 2.42 bits per heavy atom. The lowest BCUT2D eigenvalue weighted by atomic mass is 9.86. The monoisotopic (exact) mass is 439 g/mol. The van der Waals surface area contributed by atoms with Gasteiger partial charge in [0.25, 0.3) is 0 Å². The zero-order chi connectivity index (χ0) is 23.6. The van der Waals surface area contributed by atoms with Crippen molar-refractivity contribution < 1.29 is 9.53 Å². The van der Waals surface area contributed by atoms with Gasteiger partial charge in [-0.2, -0.15) is 0 Å². The lowest BCUT2D eigenvalue weighted by Crippen LogP contribution is -2.10. The average molecular weight is 440 g/mol. The highest BCUT2D eigenvalue weighted by molar-refractivity contribution is 5.93. The molecule has 0 aliphatic rings. The van der Waals surface area contributed by atoms with Crippen molar-refractivity contribution in [2.45, 2.75) is 40.0 Å². The van der Waals surface area contributed by atoms with E-state index in [2.05, 4.69) is 50.0 Å². The minimum absolute atomic E-state index is 0.116. The van der Waals surface area contributed by atoms with E-state index in [4.69, 9.17) is 14.7 Å². The molecule has 0 radical (unpaired) electrons. The summed E-state index contributed by atoms with van der Waals surface area (Å²) in [6, 6.07) is 20.4. The quantitative estimate of drug-likeness (QED) is 0.283. The first-order chi connectivity index (χ1) is 15.7. The molecule has 0 fully saturated rings. The van der Waals surface area contributed by atoms with Crippen LogP contribution in [-0.4, -0.2) is 27.5 Å². The van der Waals surface area contributed by atoms with Gasteiger partial charge in [-0.3, -0.25) is 0 Å². The van der Waals surface area contributed by atoms with Crippen molar-refractivity contribution in [2.75, 3.05) is 6.61 Å². The van der Waals surface area contributed by atoms with Crippen molar-refractivity contribution >= 4 is 23.1 Å². The van der Waals surface area contributed by atoms with Gasteiger partial charge in [0.2, 0.25) is 0 Å². The number of ether oxygens (including phenoxy) is 1. The average Bonchev–Trinajstić information content (AvgIpc) is 3.22. The first-order valence-electron chi connectivity index (χ1n) is 11.2. The predicted octanol–water partition coefficient (Wildman–Crippen LogP) is 6.56. The zero-order valence-corrected chi connectivity index (χ0v) is 19.8. The van der Waals surface area contributed by atoms with Crippen LogP contribution in [0.15, 0.2) is 66.2 Å². The molecule has 2 aromatic carbocycles. The SMILES string of the molecule is CCOC(=O)C(C)=Cc1ccc2nc(-c3cccc(-c4ccc(C(C)(C)C)cc4)n3)[nH]c2c1. The number of nitrogens with one attached hydrogen (secondary N) is 1. The number of H-pyrrole nitrogens is 1. The number of hydrogen-bond acceptors (Lipinski definition) is 4. The summed E-state index contributed by atoms with van der Waals surface area (Å²) in [6.45, 7) is 10.5. The maximum Gasteiger partial charge on any atom is 0.333 e. The van der Waals surface area contributed by atoms with E-state index >= 15 is 0 Å². The molecule has 0 spiro atoms. The molecule has 0 aliphatic heterocycles. The van der Waals surface area contributed by atoms with Gasteiger partial charge in [-0.15, -0.1) is 0 Å². The predicted molar refractivity (Wildman–Crippen MR) is 134 cm³/mol. The van der Waals surface area contributed by atoms with Crippen molar-refractivity contribution in [3.8, 4) is 22.8 Å². The number of benzene rings is 2. The lowest BCUT2D eigenvalue weighted by Gasteiger charge is -2.19. The van der Waals surface area contributed by atoms with Crippen LogP contribution in [0.1, 0.15) is 45.7 Å². The van der Waals surface area contributed by atoms with E-state index in [1.54, 1.807) is 13.8 Å². The molecule has 4 rings (SSSR count). The van der Waals surface area contributed by atoms with Gasteiger partial charge in [-0.25, -0.2) is 14.8 Å². The number of aromatic nitrogens is 3. The van der Waals surface area contributed by atoms with Gasteiger partial charge < -0.3 is 9.72 Å². The summed E-state index contributed by atoms with van der Waals surface area (Å²) >= 11 is 0. The van der Waals surface area contributed by atoms with Crippen LogP contribution in [0.4, 0.5) is 0 Å². The molecule has 5 heteroatoms. The van der Waals surface area contributed by atoms with Gasteiger partial charge >= 0.3 is 5.97 Å². The molecule has 1 N–H and O–H groups in total. The summed E-state index contributed by atoms with van der Waals surface area (Å²) in [5, 5.41) is 0. The molecule has 0 amide bonds. The van der Waals surface area contributed by atoms with Crippen molar-refractivity contribution in [3.63, 3.8) is 0 Å². The molecule has 2 heterocycles. The minimum Gasteiger partial charge on any atom is -0.463 e. The lowest BCUT2D eigenvalue weighted by molar-refractivity contribution is -0.138. The van der Waals surface area contributed by atoms with Crippen molar-refractivity contribution in [2.24, 2.45) is 0 Å². The van der Waals surface area contributed by atoms with Crippen LogP contribution in [0.3, 0.4) is 0 Å². The fraction of sp³-hybridized carbons (Fsp3) is 0.250. The number of rotatable bonds is 5. The van der Waals surface area contributed by atoms with Crippen LogP contribution in [0.25, 0.3) is 39.9 Å². The van der Waals surface area contributed by atoms with E-state index in [9.17, 15) is 4.79 Å². The number of hydrogen-bond donors (Lipinski definition) is 1. The number of esters is 1. The second kappa shape index (κ2) is 9.02.